The van der Waals surface area contributed by atoms with Gasteiger partial charge in [-0.15, -0.1) is 0 Å². The van der Waals surface area contributed by atoms with E-state index in [9.17, 15) is 27.2 Å². The Balaban J connectivity index is 1.42. The smallest absolute Gasteiger partial charge is 0.416 e. The predicted molar refractivity (Wildman–Crippen MR) is 139 cm³/mol. The quantitative estimate of drug-likeness (QED) is 0.354. The summed E-state index contributed by atoms with van der Waals surface area (Å²) in [6.07, 6.45) is -4.24. The van der Waals surface area contributed by atoms with E-state index in [0.29, 0.717) is 34.8 Å². The van der Waals surface area contributed by atoms with Crippen LogP contribution < -0.4 is 9.47 Å². The van der Waals surface area contributed by atoms with Crippen molar-refractivity contribution in [2.75, 3.05) is 33.6 Å². The molecule has 0 radical (unpaired) electrons. The third-order valence-electron chi connectivity index (χ3n) is 6.76. The predicted octanol–water partition coefficient (Wildman–Crippen LogP) is 5.04. The molecule has 5 rings (SSSR count). The summed E-state index contributed by atoms with van der Waals surface area (Å²) in [5, 5.41) is 5.83. The average Bonchev–Trinajstić information content (AvgIpc) is 3.62. The number of methoxy groups -OCH3 is 1. The Morgan fingerprint density at radius 3 is 2.41 bits per heavy atom. The Morgan fingerprint density at radius 2 is 1.73 bits per heavy atom. The molecule has 0 saturated heterocycles. The van der Waals surface area contributed by atoms with Crippen molar-refractivity contribution < 1.29 is 41.4 Å². The zero-order valence-electron chi connectivity index (χ0n) is 21.9. The van der Waals surface area contributed by atoms with Crippen LogP contribution in [0.3, 0.4) is 0 Å². The highest BCUT2D eigenvalue weighted by molar-refractivity contribution is 6.03. The maximum absolute atomic E-state index is 13.7. The normalized spacial score (nSPS) is 16.1. The van der Waals surface area contributed by atoms with Crippen LogP contribution in [-0.2, 0) is 15.7 Å². The van der Waals surface area contributed by atoms with E-state index in [4.69, 9.17) is 14.2 Å². The number of carbonyl (C=O) groups is 2. The van der Waals surface area contributed by atoms with Crippen molar-refractivity contribution in [2.45, 2.75) is 18.6 Å². The first-order chi connectivity index (χ1) is 19.6. The number of halogens is 4. The van der Waals surface area contributed by atoms with Crippen molar-refractivity contribution in [3.05, 3.63) is 94.8 Å². The Hall–Kier alpha value is -4.45. The van der Waals surface area contributed by atoms with Gasteiger partial charge in [0.25, 0.3) is 11.8 Å². The Kier molecular flexibility index (Phi) is 7.93. The van der Waals surface area contributed by atoms with E-state index >= 15 is 0 Å². The minimum Gasteiger partial charge on any atom is -0.454 e. The largest absolute Gasteiger partial charge is 0.454 e. The molecule has 0 saturated carbocycles. The molecule has 0 spiro atoms. The zero-order chi connectivity index (χ0) is 29.1. The van der Waals surface area contributed by atoms with Crippen LogP contribution in [0.2, 0.25) is 0 Å². The zero-order valence-corrected chi connectivity index (χ0v) is 21.9. The molecule has 3 aromatic rings. The molecule has 2 aliphatic heterocycles. The first-order valence-corrected chi connectivity index (χ1v) is 12.6. The molecule has 0 aliphatic carbocycles. The van der Waals surface area contributed by atoms with Crippen molar-refractivity contribution in [1.82, 2.24) is 9.91 Å². The molecule has 0 N–H and O–H groups in total. The molecular weight excluding hydrogens is 546 g/mol. The van der Waals surface area contributed by atoms with E-state index in [1.807, 2.05) is 0 Å². The van der Waals surface area contributed by atoms with Crippen molar-refractivity contribution in [1.29, 1.82) is 0 Å². The molecule has 1 atom stereocenters. The average molecular weight is 572 g/mol. The molecule has 0 fully saturated rings. The molecule has 2 heterocycles. The van der Waals surface area contributed by atoms with Gasteiger partial charge in [0.1, 0.15) is 12.4 Å². The number of ether oxygens (including phenoxy) is 3. The number of hydrazone groups is 1. The fourth-order valence-corrected chi connectivity index (χ4v) is 4.61. The minimum atomic E-state index is -4.55. The van der Waals surface area contributed by atoms with Gasteiger partial charge in [-0.05, 0) is 59.7 Å². The van der Waals surface area contributed by atoms with E-state index in [0.717, 1.165) is 24.3 Å². The van der Waals surface area contributed by atoms with Crippen LogP contribution >= 0.6 is 0 Å². The number of rotatable bonds is 8. The van der Waals surface area contributed by atoms with Gasteiger partial charge in [0, 0.05) is 25.6 Å². The highest BCUT2D eigenvalue weighted by Gasteiger charge is 2.36. The van der Waals surface area contributed by atoms with Crippen molar-refractivity contribution in [2.24, 2.45) is 5.10 Å². The number of benzene rings is 3. The summed E-state index contributed by atoms with van der Waals surface area (Å²) in [5.41, 5.74) is 0.981. The van der Waals surface area contributed by atoms with Crippen LogP contribution in [-0.4, -0.2) is 61.0 Å². The monoisotopic (exact) mass is 571 g/mol. The number of carbonyl (C=O) groups excluding carboxylic acids is 2. The second kappa shape index (κ2) is 11.6. The van der Waals surface area contributed by atoms with Gasteiger partial charge < -0.3 is 19.1 Å². The van der Waals surface area contributed by atoms with Crippen LogP contribution in [0.1, 0.15) is 39.5 Å². The third kappa shape index (κ3) is 6.17. The lowest BCUT2D eigenvalue weighted by Gasteiger charge is -2.27. The third-order valence-corrected chi connectivity index (χ3v) is 6.76. The van der Waals surface area contributed by atoms with Gasteiger partial charge in [0.15, 0.2) is 11.5 Å². The summed E-state index contributed by atoms with van der Waals surface area (Å²) in [4.78, 5) is 28.2. The fraction of sp³-hybridized carbons (Fsp3) is 0.276. The highest BCUT2D eigenvalue weighted by Crippen LogP contribution is 2.39. The molecular formula is C29H25F4N3O5. The van der Waals surface area contributed by atoms with E-state index < -0.39 is 42.0 Å². The SMILES string of the molecule is COCCN(CC(=O)N1N=C(c2ccc(F)cc2)CC1c1ccc2c(c1)OCO2)C(=O)c1ccc(C(F)(F)F)cc1. The first kappa shape index (κ1) is 28.1. The van der Waals surface area contributed by atoms with E-state index in [1.54, 1.807) is 30.3 Å². The number of hydrogen-bond donors (Lipinski definition) is 0. The fourth-order valence-electron chi connectivity index (χ4n) is 4.61. The lowest BCUT2D eigenvalue weighted by molar-refractivity contribution is -0.137. The molecule has 2 aliphatic rings. The number of hydrogen-bond acceptors (Lipinski definition) is 6. The van der Waals surface area contributed by atoms with Crippen LogP contribution in [0.4, 0.5) is 17.6 Å². The molecule has 214 valence electrons. The van der Waals surface area contributed by atoms with Gasteiger partial charge in [-0.25, -0.2) is 9.40 Å². The molecule has 3 aromatic carbocycles. The van der Waals surface area contributed by atoms with E-state index in [2.05, 4.69) is 5.10 Å². The molecule has 2 amide bonds. The summed E-state index contributed by atoms with van der Waals surface area (Å²) < 4.78 is 68.6. The van der Waals surface area contributed by atoms with Crippen LogP contribution in [0.25, 0.3) is 0 Å². The van der Waals surface area contributed by atoms with Crippen LogP contribution in [0.15, 0.2) is 71.8 Å². The maximum atomic E-state index is 13.7. The lowest BCUT2D eigenvalue weighted by atomic mass is 9.98. The van der Waals surface area contributed by atoms with E-state index in [1.165, 1.54) is 29.2 Å². The van der Waals surface area contributed by atoms with Gasteiger partial charge in [0.2, 0.25) is 6.79 Å². The second-order valence-corrected chi connectivity index (χ2v) is 9.42. The van der Waals surface area contributed by atoms with Gasteiger partial charge >= 0.3 is 6.18 Å². The molecule has 8 nitrogen and oxygen atoms in total. The van der Waals surface area contributed by atoms with Gasteiger partial charge in [-0.2, -0.15) is 18.3 Å². The summed E-state index contributed by atoms with van der Waals surface area (Å²) in [6.45, 7) is -0.233. The molecule has 1 unspecified atom stereocenters. The summed E-state index contributed by atoms with van der Waals surface area (Å²) in [7, 11) is 1.43. The standard InChI is InChI=1S/C29H25F4N3O5/c1-39-13-12-35(28(38)19-2-7-21(8-3-19)29(31,32)33)16-27(37)36-24(20-6-11-25-26(14-20)41-17-40-25)15-23(34-36)18-4-9-22(30)10-5-18/h2-11,14,24H,12-13,15-17H2,1H3. The van der Waals surface area contributed by atoms with Crippen LogP contribution in [0, 0.1) is 5.82 Å². The Labute approximate surface area is 232 Å². The minimum absolute atomic E-state index is 0.00820. The first-order valence-electron chi connectivity index (χ1n) is 12.6. The molecule has 0 bridgehead atoms. The Bertz CT molecular complexity index is 1460. The van der Waals surface area contributed by atoms with E-state index in [-0.39, 0.29) is 25.5 Å². The van der Waals surface area contributed by atoms with Crippen molar-refractivity contribution >= 4 is 17.5 Å². The highest BCUT2D eigenvalue weighted by atomic mass is 19.4. The van der Waals surface area contributed by atoms with Gasteiger partial charge in [-0.3, -0.25) is 9.59 Å². The number of alkyl halides is 3. The second-order valence-electron chi connectivity index (χ2n) is 9.42. The summed E-state index contributed by atoms with van der Waals surface area (Å²) >= 11 is 0. The van der Waals surface area contributed by atoms with Crippen LogP contribution in [0.5, 0.6) is 11.5 Å². The summed E-state index contributed by atoms with van der Waals surface area (Å²) in [6, 6.07) is 14.2. The van der Waals surface area contributed by atoms with Crippen molar-refractivity contribution in [3.8, 4) is 11.5 Å². The number of nitrogens with zero attached hydrogens (tertiary/aromatic N) is 3. The lowest BCUT2D eigenvalue weighted by Crippen LogP contribution is -2.42. The van der Waals surface area contributed by atoms with Crippen molar-refractivity contribution in [3.63, 3.8) is 0 Å². The summed E-state index contributed by atoms with van der Waals surface area (Å²) in [5.74, 6) is -0.489. The molecule has 12 heteroatoms. The maximum Gasteiger partial charge on any atom is 0.416 e. The Morgan fingerprint density at radius 1 is 1.02 bits per heavy atom. The number of amides is 2. The number of fused-ring (bicyclic) bond motifs is 1. The molecule has 0 aromatic heterocycles. The van der Waals surface area contributed by atoms with Gasteiger partial charge in [-0.1, -0.05) is 18.2 Å². The topological polar surface area (TPSA) is 80.7 Å². The van der Waals surface area contributed by atoms with Gasteiger partial charge in [0.05, 0.1) is 23.9 Å². The molecule has 41 heavy (non-hydrogen) atoms.